The molecule has 0 spiro atoms. The van der Waals surface area contributed by atoms with Crippen LogP contribution in [0.5, 0.6) is 5.75 Å². The van der Waals surface area contributed by atoms with Gasteiger partial charge in [0.1, 0.15) is 10.6 Å². The van der Waals surface area contributed by atoms with Crippen molar-refractivity contribution in [3.8, 4) is 5.75 Å². The number of rotatable bonds is 5. The van der Waals surface area contributed by atoms with E-state index < -0.39 is 5.97 Å². The Kier molecular flexibility index (Phi) is 4.15. The number of thiophene rings is 1. The Morgan fingerprint density at radius 3 is 2.53 bits per heavy atom. The lowest BCUT2D eigenvalue weighted by Crippen LogP contribution is -2.19. The van der Waals surface area contributed by atoms with Gasteiger partial charge in [-0.25, -0.2) is 4.79 Å². The Morgan fingerprint density at radius 1 is 1.16 bits per heavy atom. The van der Waals surface area contributed by atoms with Crippen molar-refractivity contribution >= 4 is 28.2 Å². The highest BCUT2D eigenvalue weighted by Gasteiger charge is 2.09. The van der Waals surface area contributed by atoms with Gasteiger partial charge in [-0.15, -0.1) is 11.3 Å². The molecule has 2 rings (SSSR count). The average molecular weight is 277 g/mol. The van der Waals surface area contributed by atoms with Gasteiger partial charge >= 0.3 is 5.97 Å². The maximum absolute atomic E-state index is 11.6. The van der Waals surface area contributed by atoms with Crippen LogP contribution in [-0.4, -0.2) is 23.6 Å². The summed E-state index contributed by atoms with van der Waals surface area (Å²) >= 11 is 1.00. The molecule has 0 bridgehead atoms. The van der Waals surface area contributed by atoms with Gasteiger partial charge in [-0.05, 0) is 24.3 Å². The summed E-state index contributed by atoms with van der Waals surface area (Å²) in [6.45, 7) is -0.121. The van der Waals surface area contributed by atoms with E-state index in [2.05, 4.69) is 5.32 Å². The van der Waals surface area contributed by atoms with E-state index in [0.29, 0.717) is 10.8 Å². The number of aromatic carboxylic acids is 1. The van der Waals surface area contributed by atoms with E-state index in [1.165, 1.54) is 6.07 Å². The lowest BCUT2D eigenvalue weighted by Gasteiger charge is -2.05. The Balaban J connectivity index is 1.85. The lowest BCUT2D eigenvalue weighted by molar-refractivity contribution is -0.118. The lowest BCUT2D eigenvalue weighted by atomic mass is 10.3. The van der Waals surface area contributed by atoms with Gasteiger partial charge in [0.2, 0.25) is 0 Å². The van der Waals surface area contributed by atoms with Crippen molar-refractivity contribution in [3.63, 3.8) is 0 Å². The second-order valence-electron chi connectivity index (χ2n) is 3.62. The predicted molar refractivity (Wildman–Crippen MR) is 71.8 cm³/mol. The molecule has 1 aromatic carbocycles. The topological polar surface area (TPSA) is 75.6 Å². The van der Waals surface area contributed by atoms with Crippen molar-refractivity contribution in [1.29, 1.82) is 0 Å². The number of nitrogens with one attached hydrogen (secondary N) is 1. The van der Waals surface area contributed by atoms with Crippen LogP contribution in [0.3, 0.4) is 0 Å². The molecule has 0 saturated carbocycles. The quantitative estimate of drug-likeness (QED) is 0.880. The number of ether oxygens (including phenoxy) is 1. The summed E-state index contributed by atoms with van der Waals surface area (Å²) in [5, 5.41) is 11.8. The largest absolute Gasteiger partial charge is 0.484 e. The van der Waals surface area contributed by atoms with E-state index in [0.717, 1.165) is 11.3 Å². The highest BCUT2D eigenvalue weighted by molar-refractivity contribution is 7.18. The summed E-state index contributed by atoms with van der Waals surface area (Å²) in [6, 6.07) is 12.0. The van der Waals surface area contributed by atoms with E-state index in [1.54, 1.807) is 18.2 Å². The number of hydrogen-bond acceptors (Lipinski definition) is 4. The number of carboxylic acids is 1. The van der Waals surface area contributed by atoms with Crippen LogP contribution in [0.2, 0.25) is 0 Å². The van der Waals surface area contributed by atoms with Crippen LogP contribution in [0.4, 0.5) is 5.00 Å². The zero-order chi connectivity index (χ0) is 13.7. The Morgan fingerprint density at radius 2 is 1.89 bits per heavy atom. The maximum Gasteiger partial charge on any atom is 0.345 e. The first kappa shape index (κ1) is 13.1. The fourth-order valence-electron chi connectivity index (χ4n) is 1.36. The molecule has 1 amide bonds. The SMILES string of the molecule is O=C(COc1ccccc1)Nc1ccc(C(=O)O)s1. The summed E-state index contributed by atoms with van der Waals surface area (Å²) in [5.41, 5.74) is 0. The highest BCUT2D eigenvalue weighted by Crippen LogP contribution is 2.21. The second kappa shape index (κ2) is 6.01. The fourth-order valence-corrected chi connectivity index (χ4v) is 2.12. The molecule has 19 heavy (non-hydrogen) atoms. The molecule has 5 nitrogen and oxygen atoms in total. The molecule has 0 atom stereocenters. The number of carboxylic acid groups (broad SMARTS) is 1. The molecule has 0 radical (unpaired) electrons. The molecule has 2 aromatic rings. The van der Waals surface area contributed by atoms with Gasteiger partial charge in [0.05, 0.1) is 5.00 Å². The van der Waals surface area contributed by atoms with E-state index in [4.69, 9.17) is 9.84 Å². The minimum Gasteiger partial charge on any atom is -0.484 e. The van der Waals surface area contributed by atoms with Crippen LogP contribution in [0.25, 0.3) is 0 Å². The number of carbonyl (C=O) groups excluding carboxylic acids is 1. The maximum atomic E-state index is 11.6. The fraction of sp³-hybridized carbons (Fsp3) is 0.0769. The number of para-hydroxylation sites is 1. The van der Waals surface area contributed by atoms with E-state index >= 15 is 0 Å². The molecule has 0 aliphatic heterocycles. The van der Waals surface area contributed by atoms with Crippen molar-refractivity contribution in [2.45, 2.75) is 0 Å². The Labute approximate surface area is 113 Å². The van der Waals surface area contributed by atoms with Gasteiger partial charge in [-0.2, -0.15) is 0 Å². The minimum atomic E-state index is -1.01. The standard InChI is InChI=1S/C13H11NO4S/c15-11(8-18-9-4-2-1-3-5-9)14-12-7-6-10(19-12)13(16)17/h1-7H,8H2,(H,14,15)(H,16,17). The van der Waals surface area contributed by atoms with Crippen molar-refractivity contribution in [1.82, 2.24) is 0 Å². The highest BCUT2D eigenvalue weighted by atomic mass is 32.1. The van der Waals surface area contributed by atoms with Crippen LogP contribution in [-0.2, 0) is 4.79 Å². The molecule has 98 valence electrons. The number of amides is 1. The van der Waals surface area contributed by atoms with Crippen LogP contribution >= 0.6 is 11.3 Å². The van der Waals surface area contributed by atoms with E-state index in [1.807, 2.05) is 18.2 Å². The summed E-state index contributed by atoms with van der Waals surface area (Å²) in [5.74, 6) is -0.733. The van der Waals surface area contributed by atoms with E-state index in [9.17, 15) is 9.59 Å². The van der Waals surface area contributed by atoms with Gasteiger partial charge in [0.25, 0.3) is 5.91 Å². The molecule has 0 unspecified atom stereocenters. The van der Waals surface area contributed by atoms with Crippen LogP contribution in [0, 0.1) is 0 Å². The first-order valence-electron chi connectivity index (χ1n) is 5.46. The van der Waals surface area contributed by atoms with Gasteiger partial charge in [0.15, 0.2) is 6.61 Å². The Bertz CT molecular complexity index is 579. The monoisotopic (exact) mass is 277 g/mol. The van der Waals surface area contributed by atoms with Crippen molar-refractivity contribution < 1.29 is 19.4 Å². The summed E-state index contributed by atoms with van der Waals surface area (Å²) in [4.78, 5) is 22.5. The summed E-state index contributed by atoms with van der Waals surface area (Å²) < 4.78 is 5.27. The predicted octanol–water partition coefficient (Wildman–Crippen LogP) is 2.46. The first-order valence-corrected chi connectivity index (χ1v) is 6.27. The molecule has 0 saturated heterocycles. The summed E-state index contributed by atoms with van der Waals surface area (Å²) in [7, 11) is 0. The number of carbonyl (C=O) groups is 2. The zero-order valence-electron chi connectivity index (χ0n) is 9.83. The van der Waals surface area contributed by atoms with Gasteiger partial charge in [0, 0.05) is 0 Å². The number of anilines is 1. The third-order valence-corrected chi connectivity index (χ3v) is 3.18. The van der Waals surface area contributed by atoms with Gasteiger partial charge in [-0.3, -0.25) is 4.79 Å². The second-order valence-corrected chi connectivity index (χ2v) is 4.70. The molecular weight excluding hydrogens is 266 g/mol. The smallest absolute Gasteiger partial charge is 0.345 e. The normalized spacial score (nSPS) is 9.89. The van der Waals surface area contributed by atoms with E-state index in [-0.39, 0.29) is 17.4 Å². The summed E-state index contributed by atoms with van der Waals surface area (Å²) in [6.07, 6.45) is 0. The first-order chi connectivity index (χ1) is 9.15. The molecule has 0 aliphatic carbocycles. The average Bonchev–Trinajstić information content (AvgIpc) is 2.86. The van der Waals surface area contributed by atoms with Gasteiger partial charge in [-0.1, -0.05) is 18.2 Å². The molecule has 6 heteroatoms. The van der Waals surface area contributed by atoms with Crippen LogP contribution in [0.15, 0.2) is 42.5 Å². The van der Waals surface area contributed by atoms with Crippen molar-refractivity contribution in [3.05, 3.63) is 47.3 Å². The molecule has 0 aliphatic rings. The number of benzene rings is 1. The molecule has 1 heterocycles. The molecule has 2 N–H and O–H groups in total. The van der Waals surface area contributed by atoms with Crippen LogP contribution < -0.4 is 10.1 Å². The third-order valence-electron chi connectivity index (χ3n) is 2.19. The molecule has 0 fully saturated rings. The molecule has 1 aromatic heterocycles. The third kappa shape index (κ3) is 3.82. The van der Waals surface area contributed by atoms with Crippen molar-refractivity contribution in [2.75, 3.05) is 11.9 Å². The Hall–Kier alpha value is -2.34. The van der Waals surface area contributed by atoms with Gasteiger partial charge < -0.3 is 15.2 Å². The zero-order valence-corrected chi connectivity index (χ0v) is 10.6. The van der Waals surface area contributed by atoms with Crippen molar-refractivity contribution in [2.24, 2.45) is 0 Å². The van der Waals surface area contributed by atoms with Crippen LogP contribution in [0.1, 0.15) is 9.67 Å². The number of hydrogen-bond donors (Lipinski definition) is 2. The minimum absolute atomic E-state index is 0.121. The molecular formula is C13H11NO4S.